The summed E-state index contributed by atoms with van der Waals surface area (Å²) in [4.78, 5) is 37.9. The molecule has 156 valence electrons. The van der Waals surface area contributed by atoms with E-state index in [1.165, 1.54) is 25.1 Å². The Morgan fingerprint density at radius 2 is 1.67 bits per heavy atom. The number of carboxylic acids is 1. The fourth-order valence-corrected chi connectivity index (χ4v) is 4.57. The molecule has 0 saturated heterocycles. The predicted octanol–water partition coefficient (Wildman–Crippen LogP) is -0.00950. The van der Waals surface area contributed by atoms with Gasteiger partial charge in [0.05, 0.1) is 40.3 Å². The van der Waals surface area contributed by atoms with Crippen LogP contribution in [-0.2, 0) is 4.79 Å². The number of carboxylic acid groups (broad SMARTS) is 1. The van der Waals surface area contributed by atoms with Crippen molar-refractivity contribution in [3.63, 3.8) is 0 Å². The van der Waals surface area contributed by atoms with Crippen molar-refractivity contribution in [2.45, 2.75) is 37.4 Å². The Bertz CT molecular complexity index is 1150. The number of fused-ring (bicyclic) bond motifs is 3. The highest BCUT2D eigenvalue weighted by atomic mass is 16.4. The van der Waals surface area contributed by atoms with Crippen molar-refractivity contribution in [3.8, 4) is 17.2 Å². The molecule has 2 aromatic carbocycles. The minimum atomic E-state index is -2.03. The molecule has 0 heterocycles. The average molecular weight is 413 g/mol. The molecule has 0 saturated carbocycles. The van der Waals surface area contributed by atoms with Gasteiger partial charge in [-0.15, -0.1) is 0 Å². The summed E-state index contributed by atoms with van der Waals surface area (Å²) >= 11 is 0. The summed E-state index contributed by atoms with van der Waals surface area (Å²) in [5.41, 5.74) is -5.00. The lowest BCUT2D eigenvalue weighted by atomic mass is 9.66. The van der Waals surface area contributed by atoms with Crippen molar-refractivity contribution in [2.24, 2.45) is 0 Å². The average Bonchev–Trinajstić information content (AvgIpc) is 2.67. The minimum absolute atomic E-state index is 0.136. The van der Waals surface area contributed by atoms with Gasteiger partial charge < -0.3 is 35.4 Å². The Morgan fingerprint density at radius 1 is 1.07 bits per heavy atom. The highest BCUT2D eigenvalue weighted by molar-refractivity contribution is 6.31. The zero-order chi connectivity index (χ0) is 22.1. The van der Waals surface area contributed by atoms with Crippen LogP contribution in [-0.4, -0.2) is 48.7 Å². The van der Waals surface area contributed by atoms with E-state index in [0.29, 0.717) is 0 Å². The number of hydrogen-bond donors (Lipinski definition) is 5. The van der Waals surface area contributed by atoms with E-state index in [2.05, 4.69) is 0 Å². The molecular formula is C21H17O9-. The van der Waals surface area contributed by atoms with Crippen molar-refractivity contribution in [3.05, 3.63) is 51.6 Å². The molecule has 30 heavy (non-hydrogen) atoms. The van der Waals surface area contributed by atoms with Gasteiger partial charge >= 0.3 is 0 Å². The molecular weight excluding hydrogens is 396 g/mol. The zero-order valence-electron chi connectivity index (χ0n) is 15.7. The van der Waals surface area contributed by atoms with Gasteiger partial charge in [-0.3, -0.25) is 9.59 Å². The Labute approximate surface area is 169 Å². The van der Waals surface area contributed by atoms with Crippen LogP contribution in [0.15, 0.2) is 18.2 Å². The maximum absolute atomic E-state index is 13.0. The molecule has 0 aliphatic heterocycles. The van der Waals surface area contributed by atoms with Gasteiger partial charge in [-0.2, -0.15) is 0 Å². The van der Waals surface area contributed by atoms with Crippen LogP contribution in [0.2, 0.25) is 0 Å². The quantitative estimate of drug-likeness (QED) is 0.362. The fraction of sp³-hybridized carbons (Fsp3) is 0.286. The number of aliphatic hydroxyl groups excluding tert-OH is 1. The largest absolute Gasteiger partial charge is 0.549 e. The van der Waals surface area contributed by atoms with E-state index < -0.39 is 81.1 Å². The second-order valence-electron chi connectivity index (χ2n) is 7.56. The maximum atomic E-state index is 13.0. The number of phenols is 3. The summed E-state index contributed by atoms with van der Waals surface area (Å²) in [6.45, 7) is 1.47. The molecule has 9 nitrogen and oxygen atoms in total. The van der Waals surface area contributed by atoms with E-state index in [1.807, 2.05) is 0 Å². The molecule has 2 aliphatic rings. The fourth-order valence-electron chi connectivity index (χ4n) is 4.57. The van der Waals surface area contributed by atoms with Crippen LogP contribution in [0.3, 0.4) is 0 Å². The van der Waals surface area contributed by atoms with Gasteiger partial charge in [-0.05, 0) is 12.5 Å². The molecule has 2 aromatic rings. The van der Waals surface area contributed by atoms with Gasteiger partial charge in [0.2, 0.25) is 5.78 Å². The number of carbonyl (C=O) groups is 3. The minimum Gasteiger partial charge on any atom is -0.549 e. The molecule has 0 fully saturated rings. The normalized spacial score (nSPS) is 24.8. The van der Waals surface area contributed by atoms with Crippen LogP contribution in [0.5, 0.6) is 17.2 Å². The Balaban J connectivity index is 2.12. The topological polar surface area (TPSA) is 175 Å². The first-order valence-corrected chi connectivity index (χ1v) is 9.19. The first-order chi connectivity index (χ1) is 14.0. The molecule has 0 unspecified atom stereocenters. The van der Waals surface area contributed by atoms with Crippen LogP contribution < -0.4 is 5.11 Å². The highest BCUT2D eigenvalue weighted by Gasteiger charge is 2.50. The van der Waals surface area contributed by atoms with E-state index in [0.717, 1.165) is 0 Å². The third-order valence-corrected chi connectivity index (χ3v) is 6.05. The van der Waals surface area contributed by atoms with Crippen molar-refractivity contribution >= 4 is 17.5 Å². The van der Waals surface area contributed by atoms with E-state index >= 15 is 0 Å². The standard InChI is InChI=1S/C21H18O9/c1-2-21(30)6-9(23)11-12(15(21)20(28)29)19(27)13-14(18(11)26)17(25)10-7(16(13)24)4-3-5-8(10)22/h3-5,9,15,22-23,26-27,30H,2,6H2,1H3,(H,28,29)/p-1/t9-,15-,21+/m0/s1. The third kappa shape index (κ3) is 2.33. The van der Waals surface area contributed by atoms with Crippen molar-refractivity contribution < 1.29 is 45.0 Å². The smallest absolute Gasteiger partial charge is 0.202 e. The van der Waals surface area contributed by atoms with Gasteiger partial charge in [0.15, 0.2) is 5.78 Å². The van der Waals surface area contributed by atoms with Crippen LogP contribution >= 0.6 is 0 Å². The highest BCUT2D eigenvalue weighted by Crippen LogP contribution is 2.55. The first kappa shape index (κ1) is 19.9. The van der Waals surface area contributed by atoms with Crippen LogP contribution in [0.25, 0.3) is 0 Å². The van der Waals surface area contributed by atoms with Gasteiger partial charge in [0, 0.05) is 23.1 Å². The molecule has 5 N–H and O–H groups in total. The zero-order valence-corrected chi connectivity index (χ0v) is 15.7. The van der Waals surface area contributed by atoms with Crippen molar-refractivity contribution in [1.29, 1.82) is 0 Å². The number of aliphatic carboxylic acids is 1. The van der Waals surface area contributed by atoms with E-state index in [4.69, 9.17) is 0 Å². The number of hydrogen-bond acceptors (Lipinski definition) is 9. The third-order valence-electron chi connectivity index (χ3n) is 6.05. The molecule has 4 rings (SSSR count). The molecule has 0 radical (unpaired) electrons. The number of rotatable bonds is 2. The summed E-state index contributed by atoms with van der Waals surface area (Å²) in [6, 6.07) is 3.72. The molecule has 2 aliphatic carbocycles. The summed E-state index contributed by atoms with van der Waals surface area (Å²) in [5.74, 6) is -7.89. The first-order valence-electron chi connectivity index (χ1n) is 9.19. The monoisotopic (exact) mass is 413 g/mol. The van der Waals surface area contributed by atoms with Gasteiger partial charge in [-0.1, -0.05) is 19.1 Å². The summed E-state index contributed by atoms with van der Waals surface area (Å²) in [5, 5.41) is 65.0. The summed E-state index contributed by atoms with van der Waals surface area (Å²) in [6.07, 6.45) is -2.28. The number of aliphatic hydroxyl groups is 2. The molecule has 3 atom stereocenters. The van der Waals surface area contributed by atoms with E-state index in [9.17, 15) is 45.0 Å². The number of aromatic hydroxyl groups is 3. The molecule has 0 bridgehead atoms. The van der Waals surface area contributed by atoms with E-state index in [-0.39, 0.29) is 17.5 Å². The Morgan fingerprint density at radius 3 is 2.27 bits per heavy atom. The van der Waals surface area contributed by atoms with Gasteiger partial charge in [-0.25, -0.2) is 0 Å². The molecule has 9 heteroatoms. The number of carbonyl (C=O) groups excluding carboxylic acids is 3. The van der Waals surface area contributed by atoms with Crippen LogP contribution in [0.4, 0.5) is 0 Å². The predicted molar refractivity (Wildman–Crippen MR) is 97.3 cm³/mol. The second kappa shape index (κ2) is 6.28. The number of benzene rings is 2. The Hall–Kier alpha value is -3.43. The van der Waals surface area contributed by atoms with Crippen molar-refractivity contribution in [1.82, 2.24) is 0 Å². The molecule has 0 spiro atoms. The van der Waals surface area contributed by atoms with Gasteiger partial charge in [0.1, 0.15) is 17.2 Å². The summed E-state index contributed by atoms with van der Waals surface area (Å²) in [7, 11) is 0. The van der Waals surface area contributed by atoms with Crippen LogP contribution in [0.1, 0.15) is 74.8 Å². The van der Waals surface area contributed by atoms with Gasteiger partial charge in [0.25, 0.3) is 0 Å². The van der Waals surface area contributed by atoms with Crippen molar-refractivity contribution in [2.75, 3.05) is 0 Å². The van der Waals surface area contributed by atoms with Crippen LogP contribution in [0, 0.1) is 0 Å². The van der Waals surface area contributed by atoms with E-state index in [1.54, 1.807) is 0 Å². The number of phenolic OH excluding ortho intramolecular Hbond substituents is 3. The lowest BCUT2D eigenvalue weighted by molar-refractivity contribution is -0.313. The molecule has 0 aromatic heterocycles. The Kier molecular flexibility index (Phi) is 4.16. The SMILES string of the molecule is CC[C@@]1(O)C[C@H](O)c2c(O)c3c(c(O)c2[C@H]1C(=O)[O-])C(=O)c1cccc(O)c1C3=O. The summed E-state index contributed by atoms with van der Waals surface area (Å²) < 4.78 is 0. The molecule has 0 amide bonds. The number of ketones is 2. The lowest BCUT2D eigenvalue weighted by Crippen LogP contribution is -2.49. The second-order valence-corrected chi connectivity index (χ2v) is 7.56. The lowest BCUT2D eigenvalue weighted by Gasteiger charge is -2.44. The maximum Gasteiger partial charge on any atom is 0.202 e.